The fraction of sp³-hybridized carbons (Fsp3) is 0.364. The number of rotatable bonds is 10. The van der Waals surface area contributed by atoms with E-state index in [0.717, 1.165) is 5.82 Å². The van der Waals surface area contributed by atoms with Gasteiger partial charge in [-0.1, -0.05) is 6.92 Å². The first kappa shape index (κ1) is 23.8. The largest absolute Gasteiger partial charge is 0.486 e. The lowest BCUT2D eigenvalue weighted by Gasteiger charge is -2.24. The van der Waals surface area contributed by atoms with E-state index in [1.165, 1.54) is 16.6 Å². The quantitative estimate of drug-likeness (QED) is 0.466. The van der Waals surface area contributed by atoms with Gasteiger partial charge in [-0.15, -0.1) is 0 Å². The van der Waals surface area contributed by atoms with Crippen LogP contribution in [0.1, 0.15) is 29.5 Å². The number of nitrogens with zero attached hydrogens (tertiary/aromatic N) is 4. The van der Waals surface area contributed by atoms with E-state index >= 15 is 0 Å². The van der Waals surface area contributed by atoms with Crippen LogP contribution in [0.25, 0.3) is 0 Å². The third-order valence-corrected chi connectivity index (χ3v) is 5.09. The van der Waals surface area contributed by atoms with Gasteiger partial charge >= 0.3 is 5.69 Å². The van der Waals surface area contributed by atoms with E-state index in [4.69, 9.17) is 15.2 Å². The fourth-order valence-corrected chi connectivity index (χ4v) is 3.31. The van der Waals surface area contributed by atoms with Gasteiger partial charge in [0, 0.05) is 45.2 Å². The van der Waals surface area contributed by atoms with Crippen LogP contribution in [-0.4, -0.2) is 45.3 Å². The summed E-state index contributed by atoms with van der Waals surface area (Å²) in [6, 6.07) is 6.53. The van der Waals surface area contributed by atoms with Gasteiger partial charge in [0.05, 0.1) is 6.61 Å². The predicted molar refractivity (Wildman–Crippen MR) is 124 cm³/mol. The first-order valence-corrected chi connectivity index (χ1v) is 10.5. The minimum absolute atomic E-state index is 0.0647. The third kappa shape index (κ3) is 5.32. The molecule has 0 spiro atoms. The van der Waals surface area contributed by atoms with E-state index in [-0.39, 0.29) is 31.3 Å². The summed E-state index contributed by atoms with van der Waals surface area (Å²) < 4.78 is 13.9. The average Bonchev–Trinajstić information content (AvgIpc) is 3.21. The number of H-pyrrole nitrogens is 1. The number of aromatic nitrogens is 4. The topological polar surface area (TPSA) is 137 Å². The Morgan fingerprint density at radius 1 is 1.24 bits per heavy atom. The highest BCUT2D eigenvalue weighted by molar-refractivity contribution is 6.07. The van der Waals surface area contributed by atoms with E-state index in [9.17, 15) is 14.4 Å². The van der Waals surface area contributed by atoms with Gasteiger partial charge in [-0.25, -0.2) is 9.78 Å². The van der Waals surface area contributed by atoms with E-state index in [0.29, 0.717) is 24.3 Å². The van der Waals surface area contributed by atoms with Crippen LogP contribution >= 0.6 is 0 Å². The van der Waals surface area contributed by atoms with Gasteiger partial charge in [0.1, 0.15) is 24.0 Å². The Morgan fingerprint density at radius 2 is 1.97 bits per heavy atom. The maximum Gasteiger partial charge on any atom is 0.330 e. The molecular weight excluding hydrogens is 428 g/mol. The summed E-state index contributed by atoms with van der Waals surface area (Å²) in [7, 11) is 3.36. The second-order valence-electron chi connectivity index (χ2n) is 7.36. The SMILES string of the molecule is CCCn1c(N)c(N(CCOC)C(=O)c2ccc(OCc3nccn3C)cc2)c(=O)[nH]c1=O. The van der Waals surface area contributed by atoms with Crippen LogP contribution in [0.15, 0.2) is 46.2 Å². The number of aryl methyl sites for hydroxylation is 1. The van der Waals surface area contributed by atoms with Gasteiger partial charge in [-0.05, 0) is 30.7 Å². The van der Waals surface area contributed by atoms with Crippen molar-refractivity contribution in [2.45, 2.75) is 26.5 Å². The number of nitrogens with one attached hydrogen (secondary N) is 1. The highest BCUT2D eigenvalue weighted by Gasteiger charge is 2.25. The molecule has 0 atom stereocenters. The Hall–Kier alpha value is -3.86. The Morgan fingerprint density at radius 3 is 2.58 bits per heavy atom. The molecule has 0 saturated heterocycles. The molecule has 0 aliphatic rings. The summed E-state index contributed by atoms with van der Waals surface area (Å²) in [4.78, 5) is 45.8. The smallest absolute Gasteiger partial charge is 0.330 e. The number of nitrogen functional groups attached to an aromatic ring is 1. The number of imidazole rings is 1. The minimum atomic E-state index is -0.732. The number of nitrogens with two attached hydrogens (primary N) is 1. The molecule has 11 heteroatoms. The van der Waals surface area contributed by atoms with Gasteiger partial charge in [-0.2, -0.15) is 0 Å². The van der Waals surface area contributed by atoms with Crippen LogP contribution in [0.5, 0.6) is 5.75 Å². The molecule has 0 radical (unpaired) electrons. The van der Waals surface area contributed by atoms with Crippen molar-refractivity contribution >= 4 is 17.4 Å². The molecule has 3 rings (SSSR count). The highest BCUT2D eigenvalue weighted by Crippen LogP contribution is 2.21. The first-order valence-electron chi connectivity index (χ1n) is 10.5. The number of carbonyl (C=O) groups excluding carboxylic acids is 1. The second-order valence-corrected chi connectivity index (χ2v) is 7.36. The molecule has 176 valence electrons. The minimum Gasteiger partial charge on any atom is -0.486 e. The summed E-state index contributed by atoms with van der Waals surface area (Å²) in [6.45, 7) is 2.71. The van der Waals surface area contributed by atoms with Crippen molar-refractivity contribution in [1.29, 1.82) is 0 Å². The van der Waals surface area contributed by atoms with Gasteiger partial charge in [0.25, 0.3) is 11.5 Å². The zero-order valence-corrected chi connectivity index (χ0v) is 18.9. The average molecular weight is 457 g/mol. The van der Waals surface area contributed by atoms with E-state index < -0.39 is 17.2 Å². The predicted octanol–water partition coefficient (Wildman–Crippen LogP) is 1.13. The van der Waals surface area contributed by atoms with Crippen LogP contribution in [-0.2, 0) is 24.9 Å². The summed E-state index contributed by atoms with van der Waals surface area (Å²) in [5, 5.41) is 0. The van der Waals surface area contributed by atoms with Crippen LogP contribution in [0, 0.1) is 0 Å². The number of benzene rings is 1. The molecule has 3 aromatic rings. The van der Waals surface area contributed by atoms with Crippen molar-refractivity contribution in [2.24, 2.45) is 7.05 Å². The van der Waals surface area contributed by atoms with Crippen molar-refractivity contribution in [3.8, 4) is 5.75 Å². The molecule has 11 nitrogen and oxygen atoms in total. The molecule has 0 bridgehead atoms. The lowest BCUT2D eigenvalue weighted by molar-refractivity contribution is 0.0975. The molecule has 0 saturated carbocycles. The van der Waals surface area contributed by atoms with Crippen molar-refractivity contribution in [3.63, 3.8) is 0 Å². The van der Waals surface area contributed by atoms with E-state index in [2.05, 4.69) is 9.97 Å². The molecule has 1 aromatic carbocycles. The van der Waals surface area contributed by atoms with Crippen molar-refractivity contribution in [1.82, 2.24) is 19.1 Å². The Bertz CT molecular complexity index is 1210. The lowest BCUT2D eigenvalue weighted by atomic mass is 10.1. The molecule has 0 unspecified atom stereocenters. The number of ether oxygens (including phenoxy) is 2. The Balaban J connectivity index is 1.88. The number of hydrogen-bond donors (Lipinski definition) is 2. The number of carbonyl (C=O) groups is 1. The van der Waals surface area contributed by atoms with Crippen molar-refractivity contribution in [3.05, 3.63) is 68.9 Å². The molecule has 0 aliphatic carbocycles. The van der Waals surface area contributed by atoms with Crippen molar-refractivity contribution < 1.29 is 14.3 Å². The van der Waals surface area contributed by atoms with Crippen molar-refractivity contribution in [2.75, 3.05) is 30.9 Å². The van der Waals surface area contributed by atoms with Gasteiger partial charge in [0.15, 0.2) is 5.69 Å². The maximum atomic E-state index is 13.3. The number of methoxy groups -OCH3 is 1. The third-order valence-electron chi connectivity index (χ3n) is 5.09. The maximum absolute atomic E-state index is 13.3. The monoisotopic (exact) mass is 456 g/mol. The fourth-order valence-electron chi connectivity index (χ4n) is 3.31. The lowest BCUT2D eigenvalue weighted by Crippen LogP contribution is -2.42. The van der Waals surface area contributed by atoms with Gasteiger partial charge in [-0.3, -0.25) is 24.0 Å². The Labute approximate surface area is 190 Å². The molecule has 33 heavy (non-hydrogen) atoms. The Kier molecular flexibility index (Phi) is 7.67. The number of aromatic amines is 1. The molecule has 0 fully saturated rings. The molecule has 1 amide bonds. The molecule has 2 aromatic heterocycles. The second kappa shape index (κ2) is 10.6. The highest BCUT2D eigenvalue weighted by atomic mass is 16.5. The summed E-state index contributed by atoms with van der Waals surface area (Å²) in [6.07, 6.45) is 4.14. The zero-order chi connectivity index (χ0) is 24.0. The molecular formula is C22H28N6O5. The number of hydrogen-bond acceptors (Lipinski definition) is 7. The van der Waals surface area contributed by atoms with Gasteiger partial charge < -0.3 is 19.8 Å². The summed E-state index contributed by atoms with van der Waals surface area (Å²) >= 11 is 0. The van der Waals surface area contributed by atoms with Crippen LogP contribution in [0.4, 0.5) is 11.5 Å². The molecule has 3 N–H and O–H groups in total. The number of anilines is 2. The molecule has 0 aliphatic heterocycles. The summed E-state index contributed by atoms with van der Waals surface area (Å²) in [5.41, 5.74) is 5.05. The first-order chi connectivity index (χ1) is 15.9. The summed E-state index contributed by atoms with van der Waals surface area (Å²) in [5.74, 6) is 0.802. The van der Waals surface area contributed by atoms with E-state index in [1.54, 1.807) is 30.5 Å². The van der Waals surface area contributed by atoms with E-state index in [1.807, 2.05) is 24.7 Å². The number of amides is 1. The van der Waals surface area contributed by atoms with Crippen LogP contribution in [0.3, 0.4) is 0 Å². The standard InChI is InChI=1S/C22H28N6O5/c1-4-10-28-19(23)18(20(29)25-22(28)31)27(12-13-32-3)21(30)15-5-7-16(8-6-15)33-14-17-24-9-11-26(17)2/h5-9,11H,4,10,12-14,23H2,1-3H3,(H,25,29,31). The molecule has 2 heterocycles. The van der Waals surface area contributed by atoms with Crippen LogP contribution in [0.2, 0.25) is 0 Å². The van der Waals surface area contributed by atoms with Crippen LogP contribution < -0.4 is 26.6 Å². The van der Waals surface area contributed by atoms with Gasteiger partial charge in [0.2, 0.25) is 0 Å². The zero-order valence-electron chi connectivity index (χ0n) is 18.9. The normalized spacial score (nSPS) is 10.9.